The summed E-state index contributed by atoms with van der Waals surface area (Å²) in [5.41, 5.74) is 0.0886. The highest BCUT2D eigenvalue weighted by Crippen LogP contribution is 2.27. The van der Waals surface area contributed by atoms with E-state index in [-0.39, 0.29) is 28.4 Å². The Labute approximate surface area is 107 Å². The van der Waals surface area contributed by atoms with Gasteiger partial charge in [-0.1, -0.05) is 0 Å². The molecule has 0 aromatic heterocycles. The van der Waals surface area contributed by atoms with E-state index in [1.165, 1.54) is 12.1 Å². The van der Waals surface area contributed by atoms with Crippen molar-refractivity contribution in [2.45, 2.75) is 19.4 Å². The van der Waals surface area contributed by atoms with Crippen molar-refractivity contribution in [2.24, 2.45) is 0 Å². The van der Waals surface area contributed by atoms with Gasteiger partial charge in [-0.3, -0.25) is 0 Å². The minimum atomic E-state index is -1.19. The second kappa shape index (κ2) is 5.97. The molecular weight excluding hydrogens is 293 g/mol. The zero-order valence-electron chi connectivity index (χ0n) is 9.20. The SMILES string of the molecule is CC(CCO)Nc1ccc(C(=O)O)c(Br)c1F. The van der Waals surface area contributed by atoms with Crippen molar-refractivity contribution in [1.82, 2.24) is 0 Å². The fourth-order valence-electron chi connectivity index (χ4n) is 1.36. The molecule has 1 atom stereocenters. The van der Waals surface area contributed by atoms with Gasteiger partial charge in [0, 0.05) is 12.6 Å². The molecule has 0 aliphatic carbocycles. The van der Waals surface area contributed by atoms with Gasteiger partial charge in [-0.05, 0) is 41.4 Å². The Bertz CT molecular complexity index is 425. The van der Waals surface area contributed by atoms with Crippen molar-refractivity contribution in [3.8, 4) is 0 Å². The molecule has 0 saturated carbocycles. The number of anilines is 1. The maximum Gasteiger partial charge on any atom is 0.336 e. The summed E-state index contributed by atoms with van der Waals surface area (Å²) >= 11 is 2.92. The molecule has 0 aliphatic rings. The molecule has 0 heterocycles. The number of carbonyl (C=O) groups is 1. The average Bonchev–Trinajstić information content (AvgIpc) is 2.25. The fourth-order valence-corrected chi connectivity index (χ4v) is 1.87. The van der Waals surface area contributed by atoms with Crippen LogP contribution in [0.25, 0.3) is 0 Å². The number of hydrogen-bond donors (Lipinski definition) is 3. The average molecular weight is 306 g/mol. The van der Waals surface area contributed by atoms with E-state index in [0.717, 1.165) is 0 Å². The summed E-state index contributed by atoms with van der Waals surface area (Å²) in [6.45, 7) is 1.80. The molecule has 0 spiro atoms. The zero-order valence-corrected chi connectivity index (χ0v) is 10.8. The Balaban J connectivity index is 2.96. The largest absolute Gasteiger partial charge is 0.478 e. The van der Waals surface area contributed by atoms with Crippen molar-refractivity contribution in [3.05, 3.63) is 28.0 Å². The molecule has 0 radical (unpaired) electrons. The molecular formula is C11H13BrFNO3. The summed E-state index contributed by atoms with van der Waals surface area (Å²) in [6, 6.07) is 2.60. The summed E-state index contributed by atoms with van der Waals surface area (Å²) < 4.78 is 13.7. The lowest BCUT2D eigenvalue weighted by Crippen LogP contribution is -2.17. The predicted molar refractivity (Wildman–Crippen MR) is 65.8 cm³/mol. The first-order valence-corrected chi connectivity index (χ1v) is 5.85. The maximum absolute atomic E-state index is 13.8. The Morgan fingerprint density at radius 2 is 2.24 bits per heavy atom. The molecule has 4 nitrogen and oxygen atoms in total. The predicted octanol–water partition coefficient (Wildman–Crippen LogP) is 2.47. The summed E-state index contributed by atoms with van der Waals surface area (Å²) in [7, 11) is 0. The number of rotatable bonds is 5. The van der Waals surface area contributed by atoms with Gasteiger partial charge in [0.25, 0.3) is 0 Å². The standard InChI is InChI=1S/C11H13BrFNO3/c1-6(4-5-15)14-8-3-2-7(11(16)17)9(12)10(8)13/h2-3,6,14-15H,4-5H2,1H3,(H,16,17). The summed E-state index contributed by atoms with van der Waals surface area (Å²) in [4.78, 5) is 10.8. The first kappa shape index (κ1) is 13.9. The molecule has 1 aromatic carbocycles. The third kappa shape index (κ3) is 3.41. The number of carboxylic acid groups (broad SMARTS) is 1. The Morgan fingerprint density at radius 1 is 1.59 bits per heavy atom. The molecule has 3 N–H and O–H groups in total. The van der Waals surface area contributed by atoms with Crippen LogP contribution in [-0.2, 0) is 0 Å². The summed E-state index contributed by atoms with van der Waals surface area (Å²) in [6.07, 6.45) is 0.484. The molecule has 0 fully saturated rings. The molecule has 17 heavy (non-hydrogen) atoms. The molecule has 0 saturated heterocycles. The van der Waals surface area contributed by atoms with Crippen LogP contribution in [0.4, 0.5) is 10.1 Å². The number of aliphatic hydroxyl groups excluding tert-OH is 1. The quantitative estimate of drug-likeness (QED) is 0.781. The van der Waals surface area contributed by atoms with Gasteiger partial charge in [0.05, 0.1) is 15.7 Å². The first-order valence-electron chi connectivity index (χ1n) is 5.06. The zero-order chi connectivity index (χ0) is 13.0. The smallest absolute Gasteiger partial charge is 0.336 e. The van der Waals surface area contributed by atoms with E-state index in [9.17, 15) is 9.18 Å². The Morgan fingerprint density at radius 3 is 2.76 bits per heavy atom. The second-order valence-corrected chi connectivity index (χ2v) is 4.44. The van der Waals surface area contributed by atoms with Crippen molar-refractivity contribution < 1.29 is 19.4 Å². The van der Waals surface area contributed by atoms with Gasteiger partial charge >= 0.3 is 5.97 Å². The van der Waals surface area contributed by atoms with Crippen LogP contribution >= 0.6 is 15.9 Å². The van der Waals surface area contributed by atoms with E-state index in [1.54, 1.807) is 6.92 Å². The van der Waals surface area contributed by atoms with Gasteiger partial charge in [-0.25, -0.2) is 9.18 Å². The lowest BCUT2D eigenvalue weighted by molar-refractivity contribution is 0.0695. The lowest BCUT2D eigenvalue weighted by atomic mass is 10.1. The van der Waals surface area contributed by atoms with E-state index in [4.69, 9.17) is 10.2 Å². The molecule has 0 bridgehead atoms. The van der Waals surface area contributed by atoms with Crippen LogP contribution in [-0.4, -0.2) is 28.8 Å². The summed E-state index contributed by atoms with van der Waals surface area (Å²) in [5, 5.41) is 20.4. The fraction of sp³-hybridized carbons (Fsp3) is 0.364. The minimum Gasteiger partial charge on any atom is -0.478 e. The topological polar surface area (TPSA) is 69.6 Å². The van der Waals surface area contributed by atoms with Gasteiger partial charge in [0.2, 0.25) is 0 Å². The van der Waals surface area contributed by atoms with Crippen LogP contribution < -0.4 is 5.32 Å². The highest BCUT2D eigenvalue weighted by molar-refractivity contribution is 9.10. The van der Waals surface area contributed by atoms with Gasteiger partial charge in [-0.2, -0.15) is 0 Å². The number of aliphatic hydroxyl groups is 1. The molecule has 94 valence electrons. The molecule has 6 heteroatoms. The van der Waals surface area contributed by atoms with Gasteiger partial charge < -0.3 is 15.5 Å². The highest BCUT2D eigenvalue weighted by Gasteiger charge is 2.16. The van der Waals surface area contributed by atoms with E-state index in [2.05, 4.69) is 21.2 Å². The third-order valence-electron chi connectivity index (χ3n) is 2.28. The monoisotopic (exact) mass is 305 g/mol. The molecule has 1 aromatic rings. The van der Waals surface area contributed by atoms with Crippen LogP contribution in [0.1, 0.15) is 23.7 Å². The Kier molecular flexibility index (Phi) is 4.89. The van der Waals surface area contributed by atoms with E-state index in [0.29, 0.717) is 6.42 Å². The maximum atomic E-state index is 13.8. The summed E-state index contributed by atoms with van der Waals surface area (Å²) in [5.74, 6) is -1.83. The van der Waals surface area contributed by atoms with E-state index in [1.807, 2.05) is 0 Å². The number of hydrogen-bond acceptors (Lipinski definition) is 3. The van der Waals surface area contributed by atoms with Crippen molar-refractivity contribution in [3.63, 3.8) is 0 Å². The van der Waals surface area contributed by atoms with E-state index >= 15 is 0 Å². The van der Waals surface area contributed by atoms with Crippen molar-refractivity contribution in [1.29, 1.82) is 0 Å². The highest BCUT2D eigenvalue weighted by atomic mass is 79.9. The number of halogens is 2. The number of aromatic carboxylic acids is 1. The molecule has 0 aliphatic heterocycles. The minimum absolute atomic E-state index is 0.00413. The third-order valence-corrected chi connectivity index (χ3v) is 3.05. The van der Waals surface area contributed by atoms with Crippen LogP contribution in [0.2, 0.25) is 0 Å². The molecule has 1 rings (SSSR count). The molecule has 0 amide bonds. The lowest BCUT2D eigenvalue weighted by Gasteiger charge is -2.15. The van der Waals surface area contributed by atoms with Gasteiger partial charge in [0.1, 0.15) is 0 Å². The number of carboxylic acids is 1. The van der Waals surface area contributed by atoms with Gasteiger partial charge in [-0.15, -0.1) is 0 Å². The van der Waals surface area contributed by atoms with Crippen LogP contribution in [0.15, 0.2) is 16.6 Å². The number of benzene rings is 1. The van der Waals surface area contributed by atoms with E-state index < -0.39 is 11.8 Å². The van der Waals surface area contributed by atoms with Crippen molar-refractivity contribution >= 4 is 27.6 Å². The normalized spacial score (nSPS) is 12.2. The van der Waals surface area contributed by atoms with Gasteiger partial charge in [0.15, 0.2) is 5.82 Å². The van der Waals surface area contributed by atoms with Crippen LogP contribution in [0, 0.1) is 5.82 Å². The second-order valence-electron chi connectivity index (χ2n) is 3.65. The van der Waals surface area contributed by atoms with Crippen molar-refractivity contribution in [2.75, 3.05) is 11.9 Å². The number of nitrogens with one attached hydrogen (secondary N) is 1. The van der Waals surface area contributed by atoms with Crippen LogP contribution in [0.3, 0.4) is 0 Å². The molecule has 1 unspecified atom stereocenters. The Hall–Kier alpha value is -1.14. The van der Waals surface area contributed by atoms with Crippen LogP contribution in [0.5, 0.6) is 0 Å². The first-order chi connectivity index (χ1) is 7.97.